The van der Waals surface area contributed by atoms with E-state index in [1.807, 2.05) is 6.92 Å². The maximum atomic E-state index is 12.5. The first kappa shape index (κ1) is 21.9. The van der Waals surface area contributed by atoms with Gasteiger partial charge in [-0.15, -0.1) is 0 Å². The molecule has 9 nitrogen and oxygen atoms in total. The zero-order valence-electron chi connectivity index (χ0n) is 15.8. The van der Waals surface area contributed by atoms with Crippen LogP contribution in [0.4, 0.5) is 0 Å². The number of rotatable bonds is 8. The van der Waals surface area contributed by atoms with E-state index < -0.39 is 42.0 Å². The number of carboxylic acids is 1. The Morgan fingerprint density at radius 1 is 1.19 bits per heavy atom. The van der Waals surface area contributed by atoms with Gasteiger partial charge in [-0.3, -0.25) is 14.4 Å². The van der Waals surface area contributed by atoms with Crippen molar-refractivity contribution in [2.45, 2.75) is 71.1 Å². The molecule has 0 aliphatic carbocycles. The second-order valence-electron chi connectivity index (χ2n) is 6.92. The molecule has 5 unspecified atom stereocenters. The van der Waals surface area contributed by atoms with Crippen LogP contribution in [0.1, 0.15) is 47.0 Å². The van der Waals surface area contributed by atoms with E-state index in [9.17, 15) is 24.3 Å². The third kappa shape index (κ3) is 5.42. The van der Waals surface area contributed by atoms with Gasteiger partial charge in [-0.05, 0) is 32.6 Å². The molecule has 1 heterocycles. The molecular weight excluding hydrogens is 340 g/mol. The van der Waals surface area contributed by atoms with Gasteiger partial charge in [0, 0.05) is 6.54 Å². The molecule has 1 saturated heterocycles. The molecule has 0 bridgehead atoms. The summed E-state index contributed by atoms with van der Waals surface area (Å²) in [6.07, 6.45) is 1.78. The average molecular weight is 370 g/mol. The van der Waals surface area contributed by atoms with Gasteiger partial charge in [0.25, 0.3) is 0 Å². The number of aliphatic carboxylic acids is 1. The number of likely N-dealkylation sites (tertiary alicyclic amines) is 1. The summed E-state index contributed by atoms with van der Waals surface area (Å²) >= 11 is 0. The first-order valence-corrected chi connectivity index (χ1v) is 8.99. The standard InChI is InChI=1S/C17H30N4O5/c1-5-9(2)13(17(25)26)20-14(22)11(4)19-15(23)12-7-6-8-21(12)16(24)10(3)18/h9-13H,5-8,18H2,1-4H3,(H,19,23)(H,20,22)(H,25,26). The molecule has 148 valence electrons. The molecule has 5 atom stereocenters. The maximum absolute atomic E-state index is 12.5. The van der Waals surface area contributed by atoms with E-state index in [2.05, 4.69) is 10.6 Å². The van der Waals surface area contributed by atoms with Gasteiger partial charge in [-0.1, -0.05) is 20.3 Å². The predicted octanol–water partition coefficient (Wildman–Crippen LogP) is -0.555. The number of carbonyl (C=O) groups is 4. The average Bonchev–Trinajstić information content (AvgIpc) is 3.07. The summed E-state index contributed by atoms with van der Waals surface area (Å²) in [6.45, 7) is 7.07. The van der Waals surface area contributed by atoms with Crippen LogP contribution in [-0.4, -0.2) is 64.4 Å². The number of hydrogen-bond acceptors (Lipinski definition) is 5. The first-order chi connectivity index (χ1) is 12.1. The molecule has 0 spiro atoms. The number of nitrogens with zero attached hydrogens (tertiary/aromatic N) is 1. The smallest absolute Gasteiger partial charge is 0.326 e. The highest BCUT2D eigenvalue weighted by atomic mass is 16.4. The van der Waals surface area contributed by atoms with Gasteiger partial charge >= 0.3 is 5.97 Å². The van der Waals surface area contributed by atoms with Crippen molar-refractivity contribution < 1.29 is 24.3 Å². The van der Waals surface area contributed by atoms with Crippen molar-refractivity contribution >= 4 is 23.7 Å². The minimum Gasteiger partial charge on any atom is -0.480 e. The van der Waals surface area contributed by atoms with Gasteiger partial charge < -0.3 is 26.4 Å². The topological polar surface area (TPSA) is 142 Å². The monoisotopic (exact) mass is 370 g/mol. The molecule has 1 aliphatic rings. The van der Waals surface area contributed by atoms with E-state index in [0.717, 1.165) is 0 Å². The SMILES string of the molecule is CCC(C)C(NC(=O)C(C)NC(=O)C1CCCN1C(=O)C(C)N)C(=O)O. The van der Waals surface area contributed by atoms with Gasteiger partial charge in [0.1, 0.15) is 18.1 Å². The second kappa shape index (κ2) is 9.51. The van der Waals surface area contributed by atoms with Gasteiger partial charge in [0.05, 0.1) is 6.04 Å². The Bertz CT molecular complexity index is 551. The van der Waals surface area contributed by atoms with Crippen molar-refractivity contribution in [3.05, 3.63) is 0 Å². The zero-order chi connectivity index (χ0) is 20.0. The summed E-state index contributed by atoms with van der Waals surface area (Å²) in [6, 6.07) is -3.29. The molecular formula is C17H30N4O5. The van der Waals surface area contributed by atoms with E-state index in [0.29, 0.717) is 25.8 Å². The van der Waals surface area contributed by atoms with Crippen molar-refractivity contribution in [3.63, 3.8) is 0 Å². The van der Waals surface area contributed by atoms with Gasteiger partial charge in [0.15, 0.2) is 0 Å². The Kier molecular flexibility index (Phi) is 8.01. The summed E-state index contributed by atoms with van der Waals surface area (Å²) in [5, 5.41) is 14.3. The molecule has 0 aromatic rings. The van der Waals surface area contributed by atoms with Crippen LogP contribution < -0.4 is 16.4 Å². The van der Waals surface area contributed by atoms with Gasteiger partial charge in [-0.2, -0.15) is 0 Å². The minimum atomic E-state index is -1.12. The number of carbonyl (C=O) groups excluding carboxylic acids is 3. The van der Waals surface area contributed by atoms with Gasteiger partial charge in [-0.25, -0.2) is 4.79 Å². The van der Waals surface area contributed by atoms with Crippen LogP contribution in [0.5, 0.6) is 0 Å². The molecule has 1 aliphatic heterocycles. The lowest BCUT2D eigenvalue weighted by atomic mass is 9.99. The molecule has 1 rings (SSSR count). The molecule has 3 amide bonds. The lowest BCUT2D eigenvalue weighted by Gasteiger charge is -2.27. The number of hydrogen-bond donors (Lipinski definition) is 4. The highest BCUT2D eigenvalue weighted by molar-refractivity contribution is 5.94. The normalized spacial score (nSPS) is 21.4. The number of nitrogens with two attached hydrogens (primary N) is 1. The maximum Gasteiger partial charge on any atom is 0.326 e. The van der Waals surface area contributed by atoms with E-state index >= 15 is 0 Å². The molecule has 9 heteroatoms. The lowest BCUT2D eigenvalue weighted by Crippen LogP contribution is -2.56. The van der Waals surface area contributed by atoms with Crippen LogP contribution in [0.3, 0.4) is 0 Å². The van der Waals surface area contributed by atoms with E-state index in [1.165, 1.54) is 11.8 Å². The fourth-order valence-corrected chi connectivity index (χ4v) is 2.90. The predicted molar refractivity (Wildman–Crippen MR) is 95.0 cm³/mol. The van der Waals surface area contributed by atoms with Crippen LogP contribution in [0.25, 0.3) is 0 Å². The van der Waals surface area contributed by atoms with Crippen molar-refractivity contribution in [1.82, 2.24) is 15.5 Å². The van der Waals surface area contributed by atoms with Crippen molar-refractivity contribution in [3.8, 4) is 0 Å². The van der Waals surface area contributed by atoms with Crippen molar-refractivity contribution in [2.24, 2.45) is 11.7 Å². The van der Waals surface area contributed by atoms with Gasteiger partial charge in [0.2, 0.25) is 17.7 Å². The third-order valence-corrected chi connectivity index (χ3v) is 4.76. The van der Waals surface area contributed by atoms with Crippen LogP contribution in [0, 0.1) is 5.92 Å². The molecule has 26 heavy (non-hydrogen) atoms. The lowest BCUT2D eigenvalue weighted by molar-refractivity contribution is -0.144. The Labute approximate surface area is 153 Å². The Morgan fingerprint density at radius 3 is 2.31 bits per heavy atom. The van der Waals surface area contributed by atoms with E-state index in [1.54, 1.807) is 13.8 Å². The summed E-state index contributed by atoms with van der Waals surface area (Å²) in [5.41, 5.74) is 5.61. The largest absolute Gasteiger partial charge is 0.480 e. The van der Waals surface area contributed by atoms with Crippen molar-refractivity contribution in [2.75, 3.05) is 6.54 Å². The van der Waals surface area contributed by atoms with Crippen LogP contribution in [0.15, 0.2) is 0 Å². The zero-order valence-corrected chi connectivity index (χ0v) is 15.8. The number of carboxylic acid groups (broad SMARTS) is 1. The summed E-state index contributed by atoms with van der Waals surface area (Å²) in [5.74, 6) is -2.67. The van der Waals surface area contributed by atoms with Crippen LogP contribution in [0.2, 0.25) is 0 Å². The Hall–Kier alpha value is -2.16. The molecule has 0 aromatic carbocycles. The summed E-state index contributed by atoms with van der Waals surface area (Å²) in [4.78, 5) is 49.6. The van der Waals surface area contributed by atoms with Crippen LogP contribution in [-0.2, 0) is 19.2 Å². The molecule has 5 N–H and O–H groups in total. The van der Waals surface area contributed by atoms with E-state index in [4.69, 9.17) is 5.73 Å². The van der Waals surface area contributed by atoms with E-state index in [-0.39, 0.29) is 11.8 Å². The van der Waals surface area contributed by atoms with Crippen molar-refractivity contribution in [1.29, 1.82) is 0 Å². The highest BCUT2D eigenvalue weighted by Crippen LogP contribution is 2.18. The molecule has 1 fully saturated rings. The quantitative estimate of drug-likeness (QED) is 0.451. The first-order valence-electron chi connectivity index (χ1n) is 8.99. The Morgan fingerprint density at radius 2 is 1.81 bits per heavy atom. The third-order valence-electron chi connectivity index (χ3n) is 4.76. The Balaban J connectivity index is 2.69. The van der Waals surface area contributed by atoms with Crippen LogP contribution >= 0.6 is 0 Å². The number of nitrogens with one attached hydrogen (secondary N) is 2. The summed E-state index contributed by atoms with van der Waals surface area (Å²) in [7, 11) is 0. The minimum absolute atomic E-state index is 0.242. The fraction of sp³-hybridized carbons (Fsp3) is 0.765. The molecule has 0 radical (unpaired) electrons. The highest BCUT2D eigenvalue weighted by Gasteiger charge is 2.36. The molecule has 0 saturated carbocycles. The molecule has 0 aromatic heterocycles. The summed E-state index contributed by atoms with van der Waals surface area (Å²) < 4.78 is 0. The fourth-order valence-electron chi connectivity index (χ4n) is 2.90. The number of amides is 3. The second-order valence-corrected chi connectivity index (χ2v) is 6.92.